The number of aromatic nitrogens is 1. The number of aromatic amines is 1. The van der Waals surface area contributed by atoms with Crippen molar-refractivity contribution in [3.8, 4) is 0 Å². The molecule has 0 unspecified atom stereocenters. The molecule has 0 aliphatic carbocycles. The van der Waals surface area contributed by atoms with Gasteiger partial charge in [0.1, 0.15) is 0 Å². The van der Waals surface area contributed by atoms with E-state index in [1.807, 2.05) is 43.5 Å². The normalized spacial score (nSPS) is 10.4. The Balaban J connectivity index is 1.81. The molecule has 0 fully saturated rings. The van der Waals surface area contributed by atoms with Crippen LogP contribution in [0.2, 0.25) is 0 Å². The van der Waals surface area contributed by atoms with Gasteiger partial charge in [-0.05, 0) is 48.4 Å². The van der Waals surface area contributed by atoms with E-state index in [1.54, 1.807) is 12.1 Å². The number of rotatable bonds is 5. The summed E-state index contributed by atoms with van der Waals surface area (Å²) in [6.07, 6.45) is 3.14. The lowest BCUT2D eigenvalue weighted by molar-refractivity contribution is -0.116. The van der Waals surface area contributed by atoms with Gasteiger partial charge in [-0.3, -0.25) is 9.59 Å². The van der Waals surface area contributed by atoms with Crippen LogP contribution in [-0.2, 0) is 11.3 Å². The zero-order valence-corrected chi connectivity index (χ0v) is 13.9. The van der Waals surface area contributed by atoms with Crippen molar-refractivity contribution in [1.29, 1.82) is 0 Å². The van der Waals surface area contributed by atoms with Crippen molar-refractivity contribution in [3.63, 3.8) is 0 Å². The van der Waals surface area contributed by atoms with Crippen molar-refractivity contribution < 1.29 is 9.59 Å². The van der Waals surface area contributed by atoms with Crippen LogP contribution < -0.4 is 10.6 Å². The minimum absolute atomic E-state index is 0.212. The molecule has 0 saturated carbocycles. The molecule has 2 amide bonds. The molecule has 0 saturated heterocycles. The summed E-state index contributed by atoms with van der Waals surface area (Å²) in [7, 11) is 0. The molecular formula is C20H19N3O2. The number of carbonyl (C=O) groups excluding carboxylic acids is 2. The summed E-state index contributed by atoms with van der Waals surface area (Å²) >= 11 is 0. The fourth-order valence-corrected chi connectivity index (χ4v) is 2.69. The van der Waals surface area contributed by atoms with Crippen LogP contribution in [0.4, 0.5) is 5.69 Å². The second-order valence-electron chi connectivity index (χ2n) is 5.77. The van der Waals surface area contributed by atoms with Gasteiger partial charge in [0.05, 0.1) is 0 Å². The van der Waals surface area contributed by atoms with Crippen LogP contribution in [0, 0.1) is 6.92 Å². The Morgan fingerprint density at radius 1 is 1.20 bits per heavy atom. The summed E-state index contributed by atoms with van der Waals surface area (Å²) < 4.78 is 0. The van der Waals surface area contributed by atoms with Crippen LogP contribution >= 0.6 is 0 Å². The molecule has 25 heavy (non-hydrogen) atoms. The maximum absolute atomic E-state index is 12.7. The summed E-state index contributed by atoms with van der Waals surface area (Å²) in [6, 6.07) is 12.9. The highest BCUT2D eigenvalue weighted by Crippen LogP contribution is 2.22. The van der Waals surface area contributed by atoms with E-state index in [0.717, 1.165) is 27.7 Å². The Hall–Kier alpha value is -3.34. The molecule has 1 aromatic heterocycles. The third-order valence-electron chi connectivity index (χ3n) is 4.05. The number of aryl methyl sites for hydroxylation is 1. The molecular weight excluding hydrogens is 314 g/mol. The molecule has 0 spiro atoms. The topological polar surface area (TPSA) is 74.0 Å². The first kappa shape index (κ1) is 16.5. The second kappa shape index (κ2) is 7.05. The standard InChI is InChI=1S/C20H19N3O2/c1-3-19(24)22-12-14-6-4-5-7-16(14)20(25)23-15-8-9-18-17(10-15)13(2)11-21-18/h3-11,21H,1,12H2,2H3,(H,22,24)(H,23,25). The van der Waals surface area contributed by atoms with Gasteiger partial charge < -0.3 is 15.6 Å². The molecule has 3 N–H and O–H groups in total. The second-order valence-corrected chi connectivity index (χ2v) is 5.77. The molecule has 0 bridgehead atoms. The van der Waals surface area contributed by atoms with E-state index in [-0.39, 0.29) is 18.4 Å². The molecule has 0 aliphatic rings. The summed E-state index contributed by atoms with van der Waals surface area (Å²) in [5, 5.41) is 6.69. The largest absolute Gasteiger partial charge is 0.361 e. The summed E-state index contributed by atoms with van der Waals surface area (Å²) in [5.41, 5.74) is 4.15. The van der Waals surface area contributed by atoms with E-state index in [2.05, 4.69) is 22.2 Å². The number of H-pyrrole nitrogens is 1. The van der Waals surface area contributed by atoms with E-state index in [1.165, 1.54) is 6.08 Å². The SMILES string of the molecule is C=CC(=O)NCc1ccccc1C(=O)Nc1ccc2[nH]cc(C)c2c1. The van der Waals surface area contributed by atoms with Crippen LogP contribution in [-0.4, -0.2) is 16.8 Å². The van der Waals surface area contributed by atoms with Crippen LogP contribution in [0.25, 0.3) is 10.9 Å². The van der Waals surface area contributed by atoms with E-state index >= 15 is 0 Å². The van der Waals surface area contributed by atoms with Gasteiger partial charge in [0, 0.05) is 34.9 Å². The highest BCUT2D eigenvalue weighted by molar-refractivity contribution is 6.06. The van der Waals surface area contributed by atoms with Gasteiger partial charge in [0.2, 0.25) is 5.91 Å². The quantitative estimate of drug-likeness (QED) is 0.625. The molecule has 2 aromatic carbocycles. The third-order valence-corrected chi connectivity index (χ3v) is 4.05. The predicted molar refractivity (Wildman–Crippen MR) is 99.5 cm³/mol. The van der Waals surface area contributed by atoms with Gasteiger partial charge in [-0.15, -0.1) is 0 Å². The number of hydrogen-bond donors (Lipinski definition) is 3. The Morgan fingerprint density at radius 3 is 2.80 bits per heavy atom. The van der Waals surface area contributed by atoms with Gasteiger partial charge in [-0.2, -0.15) is 0 Å². The monoisotopic (exact) mass is 333 g/mol. The fourth-order valence-electron chi connectivity index (χ4n) is 2.69. The highest BCUT2D eigenvalue weighted by atomic mass is 16.2. The Labute approximate surface area is 145 Å². The number of carbonyl (C=O) groups is 2. The lowest BCUT2D eigenvalue weighted by atomic mass is 10.1. The average Bonchev–Trinajstić information content (AvgIpc) is 3.00. The number of benzene rings is 2. The number of amides is 2. The Bertz CT molecular complexity index is 956. The van der Waals surface area contributed by atoms with Gasteiger partial charge >= 0.3 is 0 Å². The first-order chi connectivity index (χ1) is 12.1. The van der Waals surface area contributed by atoms with Gasteiger partial charge in [-0.25, -0.2) is 0 Å². The lowest BCUT2D eigenvalue weighted by Gasteiger charge is -2.11. The molecule has 0 atom stereocenters. The number of anilines is 1. The zero-order valence-electron chi connectivity index (χ0n) is 13.9. The molecule has 3 rings (SSSR count). The van der Waals surface area contributed by atoms with E-state index in [9.17, 15) is 9.59 Å². The summed E-state index contributed by atoms with van der Waals surface area (Å²) in [6.45, 7) is 5.70. The molecule has 5 nitrogen and oxygen atoms in total. The number of fused-ring (bicyclic) bond motifs is 1. The Morgan fingerprint density at radius 2 is 2.00 bits per heavy atom. The minimum atomic E-state index is -0.274. The Kier molecular flexibility index (Phi) is 4.66. The van der Waals surface area contributed by atoms with Gasteiger partial charge in [-0.1, -0.05) is 24.8 Å². The van der Waals surface area contributed by atoms with E-state index in [4.69, 9.17) is 0 Å². The van der Waals surface area contributed by atoms with Crippen molar-refractivity contribution in [3.05, 3.63) is 78.0 Å². The van der Waals surface area contributed by atoms with Crippen molar-refractivity contribution in [1.82, 2.24) is 10.3 Å². The van der Waals surface area contributed by atoms with Crippen LogP contribution in [0.15, 0.2) is 61.3 Å². The number of nitrogens with one attached hydrogen (secondary N) is 3. The van der Waals surface area contributed by atoms with Crippen LogP contribution in [0.3, 0.4) is 0 Å². The molecule has 1 heterocycles. The lowest BCUT2D eigenvalue weighted by Crippen LogP contribution is -2.22. The molecule has 0 radical (unpaired) electrons. The maximum atomic E-state index is 12.7. The van der Waals surface area contributed by atoms with Crippen LogP contribution in [0.5, 0.6) is 0 Å². The minimum Gasteiger partial charge on any atom is -0.361 e. The van der Waals surface area contributed by atoms with Crippen molar-refractivity contribution in [2.75, 3.05) is 5.32 Å². The summed E-state index contributed by atoms with van der Waals surface area (Å²) in [4.78, 5) is 27.2. The van der Waals surface area contributed by atoms with Crippen molar-refractivity contribution in [2.45, 2.75) is 13.5 Å². The average molecular weight is 333 g/mol. The molecule has 5 heteroatoms. The van der Waals surface area contributed by atoms with Gasteiger partial charge in [0.25, 0.3) is 5.91 Å². The predicted octanol–water partition coefficient (Wildman–Crippen LogP) is 3.53. The molecule has 126 valence electrons. The van der Waals surface area contributed by atoms with E-state index in [0.29, 0.717) is 5.56 Å². The van der Waals surface area contributed by atoms with Crippen LogP contribution in [0.1, 0.15) is 21.5 Å². The zero-order chi connectivity index (χ0) is 17.8. The van der Waals surface area contributed by atoms with Crippen molar-refractivity contribution >= 4 is 28.4 Å². The van der Waals surface area contributed by atoms with Crippen molar-refractivity contribution in [2.24, 2.45) is 0 Å². The summed E-state index contributed by atoms with van der Waals surface area (Å²) in [5.74, 6) is -0.486. The van der Waals surface area contributed by atoms with Gasteiger partial charge in [0.15, 0.2) is 0 Å². The first-order valence-corrected chi connectivity index (χ1v) is 7.96. The fraction of sp³-hybridized carbons (Fsp3) is 0.100. The molecule has 3 aromatic rings. The third kappa shape index (κ3) is 3.61. The smallest absolute Gasteiger partial charge is 0.256 e. The maximum Gasteiger partial charge on any atom is 0.256 e. The first-order valence-electron chi connectivity index (χ1n) is 7.96. The number of hydrogen-bond acceptors (Lipinski definition) is 2. The van der Waals surface area contributed by atoms with E-state index < -0.39 is 0 Å². The highest BCUT2D eigenvalue weighted by Gasteiger charge is 2.12. The molecule has 0 aliphatic heterocycles.